The maximum absolute atomic E-state index is 12.9. The number of benzene rings is 1. The maximum Gasteiger partial charge on any atom is 0.437 e. The summed E-state index contributed by atoms with van der Waals surface area (Å²) in [6, 6.07) is 5.50. The normalized spacial score (nSPS) is 11.0. The lowest BCUT2D eigenvalue weighted by atomic mass is 10.2. The van der Waals surface area contributed by atoms with E-state index in [1.807, 2.05) is 6.92 Å². The van der Waals surface area contributed by atoms with E-state index in [0.717, 1.165) is 11.1 Å². The summed E-state index contributed by atoms with van der Waals surface area (Å²) in [7, 11) is 0. The fourth-order valence-electron chi connectivity index (χ4n) is 1.92. The third-order valence-corrected chi connectivity index (χ3v) is 2.97. The topological polar surface area (TPSA) is 87.0 Å². The summed E-state index contributed by atoms with van der Waals surface area (Å²) in [5, 5.41) is 7.85. The van der Waals surface area contributed by atoms with Gasteiger partial charge in [-0.05, 0) is 30.7 Å². The average molecular weight is 304 g/mol. The first-order valence-electron chi connectivity index (χ1n) is 6.81. The first-order valence-corrected chi connectivity index (χ1v) is 6.81. The number of hydrogen-bond donors (Lipinski definition) is 0. The monoisotopic (exact) mass is 304 g/mol. The molecule has 22 heavy (non-hydrogen) atoms. The largest absolute Gasteiger partial charge is 0.437 e. The summed E-state index contributed by atoms with van der Waals surface area (Å²) >= 11 is 0. The molecule has 0 unspecified atom stereocenters. The van der Waals surface area contributed by atoms with E-state index in [1.165, 1.54) is 24.3 Å². The molecule has 114 valence electrons. The van der Waals surface area contributed by atoms with Crippen LogP contribution in [0.25, 0.3) is 11.5 Å². The molecule has 0 saturated heterocycles. The molecule has 7 nitrogen and oxygen atoms in total. The number of nitrogens with zero attached hydrogens (tertiary/aromatic N) is 4. The lowest BCUT2D eigenvalue weighted by Crippen LogP contribution is -2.16. The number of halogens is 1. The zero-order valence-corrected chi connectivity index (χ0v) is 11.8. The Hall–Kier alpha value is -2.77. The summed E-state index contributed by atoms with van der Waals surface area (Å²) in [6.45, 7) is 2.04. The standard InChI is InChI=1S/C14H13FN4O3/c1-2-3-11-16-12(22-18-11)8-19-14(20)21-13(17-19)9-4-6-10(15)7-5-9/h4-7H,2-3,8H2,1H3. The highest BCUT2D eigenvalue weighted by Gasteiger charge is 2.14. The Morgan fingerprint density at radius 2 is 2.05 bits per heavy atom. The van der Waals surface area contributed by atoms with Gasteiger partial charge in [0.05, 0.1) is 0 Å². The van der Waals surface area contributed by atoms with E-state index in [2.05, 4.69) is 15.2 Å². The van der Waals surface area contributed by atoms with Crippen molar-refractivity contribution in [1.29, 1.82) is 0 Å². The summed E-state index contributed by atoms with van der Waals surface area (Å²) in [4.78, 5) is 15.9. The molecule has 0 fully saturated rings. The van der Waals surface area contributed by atoms with Crippen LogP contribution in [0.15, 0.2) is 38.0 Å². The van der Waals surface area contributed by atoms with Crippen molar-refractivity contribution in [3.63, 3.8) is 0 Å². The van der Waals surface area contributed by atoms with Gasteiger partial charge < -0.3 is 8.94 Å². The first-order chi connectivity index (χ1) is 10.7. The maximum atomic E-state index is 12.9. The number of hydrogen-bond acceptors (Lipinski definition) is 6. The van der Waals surface area contributed by atoms with Crippen molar-refractivity contribution in [2.45, 2.75) is 26.3 Å². The van der Waals surface area contributed by atoms with Crippen molar-refractivity contribution in [2.75, 3.05) is 0 Å². The molecule has 0 radical (unpaired) electrons. The van der Waals surface area contributed by atoms with Crippen molar-refractivity contribution >= 4 is 0 Å². The van der Waals surface area contributed by atoms with Gasteiger partial charge in [-0.15, -0.1) is 5.10 Å². The Kier molecular flexibility index (Phi) is 3.82. The molecule has 0 amide bonds. The zero-order chi connectivity index (χ0) is 15.5. The van der Waals surface area contributed by atoms with E-state index >= 15 is 0 Å². The molecular formula is C14H13FN4O3. The van der Waals surface area contributed by atoms with Crippen LogP contribution in [0.5, 0.6) is 0 Å². The number of rotatable bonds is 5. The third-order valence-electron chi connectivity index (χ3n) is 2.97. The van der Waals surface area contributed by atoms with Gasteiger partial charge in [0.15, 0.2) is 5.82 Å². The molecule has 0 aliphatic rings. The Labute approximate surface area is 124 Å². The number of aromatic nitrogens is 4. The Bertz CT molecular complexity index is 819. The van der Waals surface area contributed by atoms with E-state index in [4.69, 9.17) is 8.94 Å². The minimum absolute atomic E-state index is 0.0280. The lowest BCUT2D eigenvalue weighted by Gasteiger charge is -1.93. The summed E-state index contributed by atoms with van der Waals surface area (Å²) < 4.78 is 24.1. The van der Waals surface area contributed by atoms with Crippen LogP contribution in [-0.2, 0) is 13.0 Å². The predicted octanol–water partition coefficient (Wildman–Crippen LogP) is 2.03. The van der Waals surface area contributed by atoms with Crippen LogP contribution in [0, 0.1) is 5.82 Å². The van der Waals surface area contributed by atoms with E-state index in [9.17, 15) is 9.18 Å². The molecule has 3 rings (SSSR count). The molecule has 3 aromatic rings. The van der Waals surface area contributed by atoms with E-state index < -0.39 is 5.76 Å². The van der Waals surface area contributed by atoms with Crippen molar-refractivity contribution in [3.8, 4) is 11.5 Å². The van der Waals surface area contributed by atoms with Gasteiger partial charge >= 0.3 is 5.76 Å². The summed E-state index contributed by atoms with van der Waals surface area (Å²) in [5.41, 5.74) is 0.509. The van der Waals surface area contributed by atoms with Gasteiger partial charge in [0, 0.05) is 12.0 Å². The first kappa shape index (κ1) is 14.2. The fourth-order valence-corrected chi connectivity index (χ4v) is 1.92. The molecule has 0 spiro atoms. The van der Waals surface area contributed by atoms with Gasteiger partial charge in [-0.3, -0.25) is 0 Å². The van der Waals surface area contributed by atoms with E-state index in [1.54, 1.807) is 0 Å². The van der Waals surface area contributed by atoms with E-state index in [-0.39, 0.29) is 24.1 Å². The van der Waals surface area contributed by atoms with Crippen molar-refractivity contribution in [1.82, 2.24) is 19.9 Å². The molecule has 0 N–H and O–H groups in total. The van der Waals surface area contributed by atoms with Crippen LogP contribution in [0.2, 0.25) is 0 Å². The highest BCUT2D eigenvalue weighted by molar-refractivity contribution is 5.51. The Morgan fingerprint density at radius 3 is 2.77 bits per heavy atom. The molecule has 0 saturated carbocycles. The third kappa shape index (κ3) is 2.95. The van der Waals surface area contributed by atoms with Gasteiger partial charge in [-0.25, -0.2) is 9.18 Å². The smallest absolute Gasteiger partial charge is 0.388 e. The average Bonchev–Trinajstić information content (AvgIpc) is 3.08. The van der Waals surface area contributed by atoms with Crippen molar-refractivity contribution < 1.29 is 13.3 Å². The Morgan fingerprint density at radius 1 is 1.27 bits per heavy atom. The summed E-state index contributed by atoms with van der Waals surface area (Å²) in [6.07, 6.45) is 1.61. The highest BCUT2D eigenvalue weighted by Crippen LogP contribution is 2.15. The molecule has 2 heterocycles. The van der Waals surface area contributed by atoms with Crippen LogP contribution in [-0.4, -0.2) is 19.9 Å². The molecule has 0 bridgehead atoms. The molecule has 8 heteroatoms. The van der Waals surface area contributed by atoms with Gasteiger partial charge in [0.2, 0.25) is 11.8 Å². The van der Waals surface area contributed by atoms with Gasteiger partial charge in [-0.2, -0.15) is 9.67 Å². The second-order valence-corrected chi connectivity index (χ2v) is 4.69. The highest BCUT2D eigenvalue weighted by atomic mass is 19.1. The fraction of sp³-hybridized carbons (Fsp3) is 0.286. The van der Waals surface area contributed by atoms with Crippen molar-refractivity contribution in [2.24, 2.45) is 0 Å². The molecule has 1 aromatic carbocycles. The minimum atomic E-state index is -0.644. The molecule has 0 atom stereocenters. The van der Waals surface area contributed by atoms with Crippen LogP contribution in [0.4, 0.5) is 4.39 Å². The minimum Gasteiger partial charge on any atom is -0.388 e. The van der Waals surface area contributed by atoms with Crippen LogP contribution >= 0.6 is 0 Å². The van der Waals surface area contributed by atoms with Gasteiger partial charge in [0.1, 0.15) is 12.4 Å². The predicted molar refractivity (Wildman–Crippen MR) is 73.6 cm³/mol. The van der Waals surface area contributed by atoms with Crippen molar-refractivity contribution in [3.05, 3.63) is 52.3 Å². The molecular weight excluding hydrogens is 291 g/mol. The van der Waals surface area contributed by atoms with Gasteiger partial charge in [0.25, 0.3) is 0 Å². The van der Waals surface area contributed by atoms with Crippen LogP contribution in [0.3, 0.4) is 0 Å². The number of aryl methyl sites for hydroxylation is 1. The van der Waals surface area contributed by atoms with E-state index in [0.29, 0.717) is 17.8 Å². The van der Waals surface area contributed by atoms with Gasteiger partial charge in [-0.1, -0.05) is 12.1 Å². The molecule has 0 aliphatic heterocycles. The van der Waals surface area contributed by atoms with Crippen LogP contribution < -0.4 is 5.76 Å². The Balaban J connectivity index is 1.82. The SMILES string of the molecule is CCCc1noc(Cn2nc(-c3ccc(F)cc3)oc2=O)n1. The lowest BCUT2D eigenvalue weighted by molar-refractivity contribution is 0.355. The van der Waals surface area contributed by atoms with Crippen LogP contribution in [0.1, 0.15) is 25.1 Å². The molecule has 0 aliphatic carbocycles. The quantitative estimate of drug-likeness (QED) is 0.716. The summed E-state index contributed by atoms with van der Waals surface area (Å²) in [5.74, 6) is -0.0370. The zero-order valence-electron chi connectivity index (χ0n) is 11.8. The second-order valence-electron chi connectivity index (χ2n) is 4.69. The molecule has 2 aromatic heterocycles. The second kappa shape index (κ2) is 5.92.